The fourth-order valence-corrected chi connectivity index (χ4v) is 3.32. The predicted octanol–water partition coefficient (Wildman–Crippen LogP) is 4.41. The second kappa shape index (κ2) is 6.83. The Labute approximate surface area is 147 Å². The van der Waals surface area contributed by atoms with Crippen molar-refractivity contribution in [3.05, 3.63) is 80.1 Å². The molecule has 0 aliphatic heterocycles. The fraction of sp³-hybridized carbons (Fsp3) is 0.0588. The second-order valence-corrected chi connectivity index (χ2v) is 6.44. The third kappa shape index (κ3) is 3.05. The van der Waals surface area contributed by atoms with Crippen molar-refractivity contribution in [2.45, 2.75) is 6.42 Å². The SMILES string of the molecule is O=Cc1ccc(Cc2ccc(C(=O)c3c(F)c(F)c(F)c(F)c3F)s2)[nH]1. The molecule has 0 fully saturated rings. The summed E-state index contributed by atoms with van der Waals surface area (Å²) in [4.78, 5) is 26.1. The quantitative estimate of drug-likeness (QED) is 0.233. The zero-order valence-electron chi connectivity index (χ0n) is 12.7. The van der Waals surface area contributed by atoms with Crippen molar-refractivity contribution in [2.75, 3.05) is 0 Å². The molecule has 3 aromatic rings. The van der Waals surface area contributed by atoms with Crippen LogP contribution in [0.3, 0.4) is 0 Å². The molecule has 2 heterocycles. The number of aromatic amines is 1. The van der Waals surface area contributed by atoms with E-state index in [1.165, 1.54) is 12.1 Å². The number of hydrogen-bond acceptors (Lipinski definition) is 3. The van der Waals surface area contributed by atoms with Crippen LogP contribution in [0, 0.1) is 29.1 Å². The maximum absolute atomic E-state index is 13.8. The van der Waals surface area contributed by atoms with E-state index in [1.54, 1.807) is 12.1 Å². The van der Waals surface area contributed by atoms with Gasteiger partial charge in [-0.2, -0.15) is 0 Å². The van der Waals surface area contributed by atoms with Gasteiger partial charge in [0.05, 0.1) is 10.6 Å². The van der Waals surface area contributed by atoms with Crippen LogP contribution in [0.1, 0.15) is 36.3 Å². The van der Waals surface area contributed by atoms with Crippen molar-refractivity contribution in [1.29, 1.82) is 0 Å². The third-order valence-electron chi connectivity index (χ3n) is 3.58. The number of aldehydes is 1. The van der Waals surface area contributed by atoms with E-state index in [1.807, 2.05) is 0 Å². The molecule has 1 N–H and O–H groups in total. The molecule has 0 spiro atoms. The molecule has 3 nitrogen and oxygen atoms in total. The molecule has 0 aliphatic carbocycles. The molecule has 0 bridgehead atoms. The molecular weight excluding hydrogens is 377 g/mol. The molecule has 9 heteroatoms. The highest BCUT2D eigenvalue weighted by atomic mass is 32.1. The number of H-pyrrole nitrogens is 1. The molecule has 0 unspecified atom stereocenters. The van der Waals surface area contributed by atoms with E-state index in [4.69, 9.17) is 0 Å². The maximum atomic E-state index is 13.8. The van der Waals surface area contributed by atoms with Gasteiger partial charge in [-0.15, -0.1) is 11.3 Å². The van der Waals surface area contributed by atoms with E-state index in [0.717, 1.165) is 11.3 Å². The van der Waals surface area contributed by atoms with Crippen LogP contribution in [0.15, 0.2) is 24.3 Å². The van der Waals surface area contributed by atoms with Gasteiger partial charge in [0, 0.05) is 17.0 Å². The summed E-state index contributed by atoms with van der Waals surface area (Å²) in [5.74, 6) is -12.3. The van der Waals surface area contributed by atoms with Gasteiger partial charge in [-0.1, -0.05) is 0 Å². The molecule has 0 amide bonds. The normalized spacial score (nSPS) is 11.0. The van der Waals surface area contributed by atoms with Gasteiger partial charge < -0.3 is 4.98 Å². The molecule has 0 aliphatic rings. The van der Waals surface area contributed by atoms with E-state index in [0.29, 0.717) is 29.0 Å². The zero-order valence-corrected chi connectivity index (χ0v) is 13.5. The molecule has 134 valence electrons. The average molecular weight is 385 g/mol. The lowest BCUT2D eigenvalue weighted by Gasteiger charge is -2.06. The molecule has 0 atom stereocenters. The highest BCUT2D eigenvalue weighted by Crippen LogP contribution is 2.28. The summed E-state index contributed by atoms with van der Waals surface area (Å²) < 4.78 is 67.1. The molecule has 2 aromatic heterocycles. The first-order valence-electron chi connectivity index (χ1n) is 7.11. The first-order chi connectivity index (χ1) is 12.3. The van der Waals surface area contributed by atoms with Gasteiger partial charge >= 0.3 is 0 Å². The highest BCUT2D eigenvalue weighted by molar-refractivity contribution is 7.14. The molecule has 0 saturated heterocycles. The smallest absolute Gasteiger partial charge is 0.209 e. The largest absolute Gasteiger partial charge is 0.356 e. The van der Waals surface area contributed by atoms with E-state index < -0.39 is 40.4 Å². The number of carbonyl (C=O) groups excluding carboxylic acids is 2. The Morgan fingerprint density at radius 1 is 0.923 bits per heavy atom. The van der Waals surface area contributed by atoms with E-state index in [-0.39, 0.29) is 4.88 Å². The lowest BCUT2D eigenvalue weighted by Crippen LogP contribution is -2.12. The first-order valence-corrected chi connectivity index (χ1v) is 7.93. The minimum Gasteiger partial charge on any atom is -0.356 e. The number of hydrogen-bond donors (Lipinski definition) is 1. The van der Waals surface area contributed by atoms with Crippen molar-refractivity contribution in [2.24, 2.45) is 0 Å². The third-order valence-corrected chi connectivity index (χ3v) is 4.67. The minimum atomic E-state index is -2.32. The Kier molecular flexibility index (Phi) is 4.73. The number of nitrogens with one attached hydrogen (secondary N) is 1. The summed E-state index contributed by atoms with van der Waals surface area (Å²) in [6.07, 6.45) is 0.916. The monoisotopic (exact) mass is 385 g/mol. The summed E-state index contributed by atoms with van der Waals surface area (Å²) in [5, 5.41) is 0. The van der Waals surface area contributed by atoms with Gasteiger partial charge in [-0.25, -0.2) is 22.0 Å². The zero-order chi connectivity index (χ0) is 19.0. The summed E-state index contributed by atoms with van der Waals surface area (Å²) in [6, 6.07) is 5.93. The number of carbonyl (C=O) groups is 2. The van der Waals surface area contributed by atoms with Crippen molar-refractivity contribution in [3.8, 4) is 0 Å². The predicted molar refractivity (Wildman–Crippen MR) is 83.0 cm³/mol. The second-order valence-electron chi connectivity index (χ2n) is 5.27. The van der Waals surface area contributed by atoms with Crippen LogP contribution in [-0.2, 0) is 6.42 Å². The van der Waals surface area contributed by atoms with Crippen molar-refractivity contribution in [1.82, 2.24) is 4.98 Å². The summed E-state index contributed by atoms with van der Waals surface area (Å²) in [5.41, 5.74) is -0.476. The Morgan fingerprint density at radius 3 is 2.12 bits per heavy atom. The maximum Gasteiger partial charge on any atom is 0.209 e. The Hall–Kier alpha value is -2.81. The number of rotatable bonds is 5. The molecule has 0 saturated carbocycles. The summed E-state index contributed by atoms with van der Waals surface area (Å²) in [7, 11) is 0. The van der Waals surface area contributed by atoms with Crippen LogP contribution in [0.4, 0.5) is 22.0 Å². The summed E-state index contributed by atoms with van der Waals surface area (Å²) in [6.45, 7) is 0. The topological polar surface area (TPSA) is 49.9 Å². The van der Waals surface area contributed by atoms with E-state index in [9.17, 15) is 31.5 Å². The van der Waals surface area contributed by atoms with Crippen LogP contribution >= 0.6 is 11.3 Å². The first kappa shape index (κ1) is 18.0. The van der Waals surface area contributed by atoms with Crippen LogP contribution in [0.2, 0.25) is 0 Å². The Morgan fingerprint density at radius 2 is 1.54 bits per heavy atom. The minimum absolute atomic E-state index is 0.176. The van der Waals surface area contributed by atoms with Gasteiger partial charge in [0.15, 0.2) is 29.6 Å². The van der Waals surface area contributed by atoms with E-state index in [2.05, 4.69) is 4.98 Å². The standard InChI is InChI=1S/C17H8F5NO2S/c18-12-11(13(19)15(21)16(22)14(12)20)17(25)10-4-3-9(26-10)5-7-1-2-8(6-24)23-7/h1-4,6,23H,5H2. The highest BCUT2D eigenvalue weighted by Gasteiger charge is 2.30. The number of halogens is 5. The van der Waals surface area contributed by atoms with Gasteiger partial charge in [0.1, 0.15) is 5.56 Å². The van der Waals surface area contributed by atoms with Crippen molar-refractivity contribution in [3.63, 3.8) is 0 Å². The number of ketones is 1. The van der Waals surface area contributed by atoms with Gasteiger partial charge in [0.25, 0.3) is 0 Å². The van der Waals surface area contributed by atoms with Crippen LogP contribution in [0.5, 0.6) is 0 Å². The van der Waals surface area contributed by atoms with Crippen LogP contribution in [-0.4, -0.2) is 17.1 Å². The molecule has 3 rings (SSSR count). The van der Waals surface area contributed by atoms with Gasteiger partial charge in [0.2, 0.25) is 11.6 Å². The fourth-order valence-electron chi connectivity index (χ4n) is 2.34. The molecular formula is C17H8F5NO2S. The molecule has 1 aromatic carbocycles. The average Bonchev–Trinajstić information content (AvgIpc) is 3.28. The Bertz CT molecular complexity index is 995. The van der Waals surface area contributed by atoms with Crippen LogP contribution < -0.4 is 0 Å². The lowest BCUT2D eigenvalue weighted by molar-refractivity contribution is 0.103. The Balaban J connectivity index is 1.92. The van der Waals surface area contributed by atoms with Gasteiger partial charge in [-0.3, -0.25) is 9.59 Å². The number of thiophene rings is 1. The van der Waals surface area contributed by atoms with Crippen LogP contribution in [0.25, 0.3) is 0 Å². The van der Waals surface area contributed by atoms with Crippen molar-refractivity contribution >= 4 is 23.4 Å². The van der Waals surface area contributed by atoms with Crippen molar-refractivity contribution < 1.29 is 31.5 Å². The lowest BCUT2D eigenvalue weighted by atomic mass is 10.1. The molecule has 26 heavy (non-hydrogen) atoms. The van der Waals surface area contributed by atoms with Gasteiger partial charge in [-0.05, 0) is 24.3 Å². The van der Waals surface area contributed by atoms with E-state index >= 15 is 0 Å². The summed E-state index contributed by atoms with van der Waals surface area (Å²) >= 11 is 0.851. The number of benzene rings is 1. The molecule has 0 radical (unpaired) electrons. The number of aromatic nitrogens is 1.